The number of carbonyl (C=O) groups excluding carboxylic acids is 1. The van der Waals surface area contributed by atoms with Crippen LogP contribution in [0.2, 0.25) is 5.02 Å². The zero-order chi connectivity index (χ0) is 20.2. The molecular formula is C22H19ClN2O4. The zero-order valence-corrected chi connectivity index (χ0v) is 16.5. The fourth-order valence-corrected chi connectivity index (χ4v) is 3.35. The second kappa shape index (κ2) is 8.41. The van der Waals surface area contributed by atoms with Crippen LogP contribution in [0, 0.1) is 0 Å². The van der Waals surface area contributed by atoms with Gasteiger partial charge in [0.1, 0.15) is 23.3 Å². The molecule has 1 aromatic heterocycles. The van der Waals surface area contributed by atoms with Gasteiger partial charge in [-0.05, 0) is 60.2 Å². The van der Waals surface area contributed by atoms with Crippen molar-refractivity contribution in [3.63, 3.8) is 0 Å². The van der Waals surface area contributed by atoms with Crippen molar-refractivity contribution in [1.82, 2.24) is 5.01 Å². The minimum atomic E-state index is -0.322. The van der Waals surface area contributed by atoms with Crippen molar-refractivity contribution in [2.24, 2.45) is 5.10 Å². The third-order valence-corrected chi connectivity index (χ3v) is 4.85. The molecule has 2 heterocycles. The van der Waals surface area contributed by atoms with Crippen LogP contribution in [-0.4, -0.2) is 30.3 Å². The Hall–Kier alpha value is -3.25. The van der Waals surface area contributed by atoms with Crippen molar-refractivity contribution in [2.75, 3.05) is 13.7 Å². The molecule has 29 heavy (non-hydrogen) atoms. The van der Waals surface area contributed by atoms with Crippen LogP contribution in [0.3, 0.4) is 0 Å². The molecular weight excluding hydrogens is 392 g/mol. The van der Waals surface area contributed by atoms with E-state index in [9.17, 15) is 4.79 Å². The zero-order valence-electron chi connectivity index (χ0n) is 15.7. The van der Waals surface area contributed by atoms with Gasteiger partial charge in [0.05, 0.1) is 19.1 Å². The Morgan fingerprint density at radius 2 is 2.00 bits per heavy atom. The predicted molar refractivity (Wildman–Crippen MR) is 109 cm³/mol. The van der Waals surface area contributed by atoms with Gasteiger partial charge >= 0.3 is 0 Å². The number of furan rings is 1. The maximum atomic E-state index is 12.9. The van der Waals surface area contributed by atoms with Crippen LogP contribution in [-0.2, 0) is 4.79 Å². The van der Waals surface area contributed by atoms with E-state index in [-0.39, 0.29) is 18.6 Å². The standard InChI is InChI=1S/C22H19ClN2O4/c1-27-17-9-7-15(8-10-17)19-13-20(21-6-3-11-28-21)25(24-19)22(26)14-29-18-5-2-4-16(23)12-18/h2-12,20H,13-14H2,1H3/t20-/m0/s1. The lowest BCUT2D eigenvalue weighted by Gasteiger charge is -2.20. The predicted octanol–water partition coefficient (Wildman–Crippen LogP) is 4.70. The Balaban J connectivity index is 1.54. The molecule has 0 bridgehead atoms. The quantitative estimate of drug-likeness (QED) is 0.591. The molecule has 0 radical (unpaired) electrons. The molecule has 1 atom stereocenters. The van der Waals surface area contributed by atoms with Crippen LogP contribution < -0.4 is 9.47 Å². The Labute approximate surface area is 173 Å². The molecule has 4 rings (SSSR count). The Bertz CT molecular complexity index is 1020. The number of benzene rings is 2. The summed E-state index contributed by atoms with van der Waals surface area (Å²) >= 11 is 5.97. The minimum absolute atomic E-state index is 0.156. The van der Waals surface area contributed by atoms with Gasteiger partial charge in [-0.1, -0.05) is 17.7 Å². The van der Waals surface area contributed by atoms with Gasteiger partial charge in [0, 0.05) is 11.4 Å². The van der Waals surface area contributed by atoms with Gasteiger partial charge in [-0.3, -0.25) is 4.79 Å². The lowest BCUT2D eigenvalue weighted by Crippen LogP contribution is -2.31. The number of halogens is 1. The summed E-state index contributed by atoms with van der Waals surface area (Å²) in [6.45, 7) is -0.156. The molecule has 7 heteroatoms. The number of rotatable bonds is 6. The molecule has 2 aromatic carbocycles. The maximum Gasteiger partial charge on any atom is 0.281 e. The number of hydrogen-bond acceptors (Lipinski definition) is 5. The second-order valence-electron chi connectivity index (χ2n) is 6.49. The van der Waals surface area contributed by atoms with Crippen LogP contribution in [0.4, 0.5) is 0 Å². The molecule has 0 unspecified atom stereocenters. The van der Waals surface area contributed by atoms with E-state index in [4.69, 9.17) is 25.5 Å². The van der Waals surface area contributed by atoms with Crippen LogP contribution in [0.25, 0.3) is 0 Å². The first-order valence-corrected chi connectivity index (χ1v) is 9.47. The molecule has 0 saturated carbocycles. The highest BCUT2D eigenvalue weighted by molar-refractivity contribution is 6.30. The summed E-state index contributed by atoms with van der Waals surface area (Å²) in [6.07, 6.45) is 2.13. The summed E-state index contributed by atoms with van der Waals surface area (Å²) in [5, 5.41) is 6.55. The number of nitrogens with zero attached hydrogens (tertiary/aromatic N) is 2. The molecule has 1 aliphatic rings. The van der Waals surface area contributed by atoms with Crippen molar-refractivity contribution < 1.29 is 18.7 Å². The summed E-state index contributed by atoms with van der Waals surface area (Å²) in [5.41, 5.74) is 1.72. The Morgan fingerprint density at radius 1 is 1.17 bits per heavy atom. The highest BCUT2D eigenvalue weighted by Crippen LogP contribution is 2.33. The molecule has 0 aliphatic carbocycles. The highest BCUT2D eigenvalue weighted by atomic mass is 35.5. The summed E-state index contributed by atoms with van der Waals surface area (Å²) in [4.78, 5) is 12.9. The van der Waals surface area contributed by atoms with E-state index in [0.29, 0.717) is 23.0 Å². The lowest BCUT2D eigenvalue weighted by atomic mass is 10.0. The summed E-state index contributed by atoms with van der Waals surface area (Å²) in [6, 6.07) is 17.8. The average molecular weight is 411 g/mol. The van der Waals surface area contributed by atoms with E-state index >= 15 is 0 Å². The third kappa shape index (κ3) is 4.27. The van der Waals surface area contributed by atoms with Crippen molar-refractivity contribution in [3.8, 4) is 11.5 Å². The van der Waals surface area contributed by atoms with Gasteiger partial charge in [-0.15, -0.1) is 0 Å². The largest absolute Gasteiger partial charge is 0.497 e. The molecule has 0 N–H and O–H groups in total. The minimum Gasteiger partial charge on any atom is -0.497 e. The summed E-state index contributed by atoms with van der Waals surface area (Å²) in [5.74, 6) is 1.69. The number of hydrazone groups is 1. The molecule has 1 amide bonds. The monoisotopic (exact) mass is 410 g/mol. The molecule has 1 aliphatic heterocycles. The highest BCUT2D eigenvalue weighted by Gasteiger charge is 2.35. The molecule has 0 spiro atoms. The van der Waals surface area contributed by atoms with E-state index in [1.165, 1.54) is 5.01 Å². The normalized spacial score (nSPS) is 15.9. The number of amides is 1. The van der Waals surface area contributed by atoms with Gasteiger partial charge in [0.15, 0.2) is 6.61 Å². The topological polar surface area (TPSA) is 64.3 Å². The Kier molecular flexibility index (Phi) is 5.53. The molecule has 0 fully saturated rings. The van der Waals surface area contributed by atoms with Crippen LogP contribution in [0.5, 0.6) is 11.5 Å². The van der Waals surface area contributed by atoms with Crippen molar-refractivity contribution in [1.29, 1.82) is 0 Å². The van der Waals surface area contributed by atoms with Gasteiger partial charge in [0.25, 0.3) is 5.91 Å². The Morgan fingerprint density at radius 3 is 2.69 bits per heavy atom. The first-order chi connectivity index (χ1) is 14.1. The SMILES string of the molecule is COc1ccc(C2=NN(C(=O)COc3cccc(Cl)c3)[C@H](c3ccco3)C2)cc1. The van der Waals surface area contributed by atoms with E-state index < -0.39 is 0 Å². The second-order valence-corrected chi connectivity index (χ2v) is 6.93. The number of hydrogen-bond donors (Lipinski definition) is 0. The van der Waals surface area contributed by atoms with Crippen molar-refractivity contribution in [3.05, 3.63) is 83.3 Å². The van der Waals surface area contributed by atoms with Crippen LogP contribution >= 0.6 is 11.6 Å². The molecule has 148 valence electrons. The first-order valence-electron chi connectivity index (χ1n) is 9.10. The van der Waals surface area contributed by atoms with E-state index in [0.717, 1.165) is 17.0 Å². The van der Waals surface area contributed by atoms with Crippen molar-refractivity contribution >= 4 is 23.2 Å². The van der Waals surface area contributed by atoms with E-state index in [2.05, 4.69) is 5.10 Å². The lowest BCUT2D eigenvalue weighted by molar-refractivity contribution is -0.135. The fourth-order valence-electron chi connectivity index (χ4n) is 3.17. The van der Waals surface area contributed by atoms with Crippen molar-refractivity contribution in [2.45, 2.75) is 12.5 Å². The molecule has 0 saturated heterocycles. The smallest absolute Gasteiger partial charge is 0.281 e. The van der Waals surface area contributed by atoms with Crippen LogP contribution in [0.15, 0.2) is 76.4 Å². The van der Waals surface area contributed by atoms with Crippen LogP contribution in [0.1, 0.15) is 23.8 Å². The summed E-state index contributed by atoms with van der Waals surface area (Å²) in [7, 11) is 1.62. The fraction of sp³-hybridized carbons (Fsp3) is 0.182. The number of methoxy groups -OCH3 is 1. The summed E-state index contributed by atoms with van der Waals surface area (Å²) < 4.78 is 16.4. The van der Waals surface area contributed by atoms with E-state index in [1.807, 2.05) is 30.3 Å². The third-order valence-electron chi connectivity index (χ3n) is 4.62. The van der Waals surface area contributed by atoms with Gasteiger partial charge in [-0.25, -0.2) is 5.01 Å². The van der Waals surface area contributed by atoms with Gasteiger partial charge < -0.3 is 13.9 Å². The molecule has 3 aromatic rings. The number of ether oxygens (including phenoxy) is 2. The maximum absolute atomic E-state index is 12.9. The average Bonchev–Trinajstić information content (AvgIpc) is 3.42. The van der Waals surface area contributed by atoms with E-state index in [1.54, 1.807) is 43.7 Å². The van der Waals surface area contributed by atoms with Gasteiger partial charge in [-0.2, -0.15) is 5.10 Å². The van der Waals surface area contributed by atoms with Gasteiger partial charge in [0.2, 0.25) is 0 Å². The molecule has 6 nitrogen and oxygen atoms in total. The number of carbonyl (C=O) groups is 1. The first kappa shape index (κ1) is 19.1.